The molecule has 0 aliphatic carbocycles. The Balaban J connectivity index is 3.60. The molecule has 0 aliphatic heterocycles. The van der Waals surface area contributed by atoms with E-state index in [9.17, 15) is 15.0 Å². The van der Waals surface area contributed by atoms with Crippen LogP contribution in [0.25, 0.3) is 0 Å². The zero-order chi connectivity index (χ0) is 27.2. The molecule has 2 atom stereocenters. The summed E-state index contributed by atoms with van der Waals surface area (Å²) in [4.78, 5) is 12.0. The fourth-order valence-electron chi connectivity index (χ4n) is 4.66. The Bertz CT molecular complexity index is 532. The van der Waals surface area contributed by atoms with Crippen LogP contribution in [0, 0.1) is 0 Å². The van der Waals surface area contributed by atoms with Gasteiger partial charge in [-0.15, -0.1) is 0 Å². The summed E-state index contributed by atoms with van der Waals surface area (Å²) in [5, 5.41) is 22.6. The van der Waals surface area contributed by atoms with Gasteiger partial charge in [0.1, 0.15) is 0 Å². The maximum atomic E-state index is 12.0. The van der Waals surface area contributed by atoms with E-state index < -0.39 is 12.1 Å². The van der Waals surface area contributed by atoms with E-state index in [0.717, 1.165) is 38.5 Å². The summed E-state index contributed by atoms with van der Waals surface area (Å²) in [6.45, 7) is 4.20. The highest BCUT2D eigenvalue weighted by atomic mass is 16.3. The van der Waals surface area contributed by atoms with Gasteiger partial charge in [-0.1, -0.05) is 147 Å². The lowest BCUT2D eigenvalue weighted by Crippen LogP contribution is -2.45. The number of hydrogen-bond donors (Lipinski definition) is 3. The Morgan fingerprint density at radius 1 is 0.622 bits per heavy atom. The fraction of sp³-hybridized carbons (Fsp3) is 0.848. The van der Waals surface area contributed by atoms with E-state index in [1.165, 1.54) is 103 Å². The first-order chi connectivity index (χ1) is 18.2. The average Bonchev–Trinajstić information content (AvgIpc) is 2.90. The van der Waals surface area contributed by atoms with Crippen LogP contribution >= 0.6 is 0 Å². The first kappa shape index (κ1) is 35.9. The highest BCUT2D eigenvalue weighted by molar-refractivity contribution is 5.76. The lowest BCUT2D eigenvalue weighted by atomic mass is 10.0. The second-order valence-corrected chi connectivity index (χ2v) is 10.9. The standard InChI is InChI=1S/C33H63NO3/c1-3-5-7-9-10-11-12-13-14-15-16-17-18-19-20-21-22-23-25-26-28-32(36)31(30-35)34-33(37)29-27-24-8-6-4-2/h21-22,26,28,31-32,35-36H,3-20,23-25,27,29-30H2,1-2H3,(H,34,37)/b22-21+,28-26+. The number of aliphatic hydroxyl groups excluding tert-OH is 2. The van der Waals surface area contributed by atoms with Crippen molar-refractivity contribution in [2.75, 3.05) is 6.61 Å². The lowest BCUT2D eigenvalue weighted by Gasteiger charge is -2.19. The van der Waals surface area contributed by atoms with Crippen molar-refractivity contribution in [2.24, 2.45) is 0 Å². The van der Waals surface area contributed by atoms with Gasteiger partial charge < -0.3 is 15.5 Å². The summed E-state index contributed by atoms with van der Waals surface area (Å²) in [6.07, 6.45) is 35.7. The number of nitrogens with one attached hydrogen (secondary N) is 1. The summed E-state index contributed by atoms with van der Waals surface area (Å²) < 4.78 is 0. The molecule has 0 radical (unpaired) electrons. The number of amides is 1. The molecule has 0 saturated carbocycles. The topological polar surface area (TPSA) is 69.6 Å². The largest absolute Gasteiger partial charge is 0.394 e. The molecule has 0 rings (SSSR count). The third-order valence-corrected chi connectivity index (χ3v) is 7.19. The highest BCUT2D eigenvalue weighted by Gasteiger charge is 2.17. The zero-order valence-electron chi connectivity index (χ0n) is 24.7. The summed E-state index contributed by atoms with van der Waals surface area (Å²) in [7, 11) is 0. The van der Waals surface area contributed by atoms with Crippen LogP contribution in [0.15, 0.2) is 24.3 Å². The molecule has 4 nitrogen and oxygen atoms in total. The Morgan fingerprint density at radius 3 is 1.57 bits per heavy atom. The molecule has 4 heteroatoms. The second-order valence-electron chi connectivity index (χ2n) is 10.9. The van der Waals surface area contributed by atoms with Crippen molar-refractivity contribution in [3.63, 3.8) is 0 Å². The minimum absolute atomic E-state index is 0.0885. The molecule has 0 aliphatic rings. The van der Waals surface area contributed by atoms with Crippen molar-refractivity contribution in [3.8, 4) is 0 Å². The van der Waals surface area contributed by atoms with Crippen molar-refractivity contribution in [2.45, 2.75) is 174 Å². The summed E-state index contributed by atoms with van der Waals surface area (Å²) >= 11 is 0. The molecule has 37 heavy (non-hydrogen) atoms. The molecule has 0 bridgehead atoms. The minimum atomic E-state index is -0.853. The van der Waals surface area contributed by atoms with Gasteiger partial charge in [0.25, 0.3) is 0 Å². The Hall–Kier alpha value is -1.13. The van der Waals surface area contributed by atoms with E-state index in [1.54, 1.807) is 6.08 Å². The van der Waals surface area contributed by atoms with E-state index in [0.29, 0.717) is 6.42 Å². The van der Waals surface area contributed by atoms with Gasteiger partial charge in [-0.05, 0) is 32.1 Å². The lowest BCUT2D eigenvalue weighted by molar-refractivity contribution is -0.123. The molecule has 2 unspecified atom stereocenters. The fourth-order valence-corrected chi connectivity index (χ4v) is 4.66. The van der Waals surface area contributed by atoms with Crippen LogP contribution in [0.2, 0.25) is 0 Å². The van der Waals surface area contributed by atoms with Gasteiger partial charge in [-0.25, -0.2) is 0 Å². The summed E-state index contributed by atoms with van der Waals surface area (Å²) in [6, 6.07) is -0.629. The van der Waals surface area contributed by atoms with Crippen LogP contribution in [0.1, 0.15) is 162 Å². The monoisotopic (exact) mass is 521 g/mol. The van der Waals surface area contributed by atoms with Crippen molar-refractivity contribution in [1.29, 1.82) is 0 Å². The smallest absolute Gasteiger partial charge is 0.220 e. The third kappa shape index (κ3) is 26.3. The number of carbonyl (C=O) groups excluding carboxylic acids is 1. The third-order valence-electron chi connectivity index (χ3n) is 7.19. The van der Waals surface area contributed by atoms with Gasteiger partial charge in [-0.2, -0.15) is 0 Å². The Kier molecular flexibility index (Phi) is 28.5. The Labute approximate surface area is 230 Å². The van der Waals surface area contributed by atoms with Gasteiger partial charge in [0, 0.05) is 6.42 Å². The number of aliphatic hydroxyl groups is 2. The van der Waals surface area contributed by atoms with Crippen LogP contribution in [-0.4, -0.2) is 34.9 Å². The molecule has 0 aromatic carbocycles. The van der Waals surface area contributed by atoms with E-state index in [4.69, 9.17) is 0 Å². The molecule has 0 saturated heterocycles. The zero-order valence-corrected chi connectivity index (χ0v) is 24.7. The molecule has 0 spiro atoms. The van der Waals surface area contributed by atoms with Gasteiger partial charge in [0.05, 0.1) is 18.8 Å². The SMILES string of the molecule is CCCCCCCCCCCCCCCC/C=C/CC/C=C/C(O)C(CO)NC(=O)CCCCCCC. The van der Waals surface area contributed by atoms with E-state index >= 15 is 0 Å². The predicted molar refractivity (Wildman–Crippen MR) is 161 cm³/mol. The first-order valence-corrected chi connectivity index (χ1v) is 16.1. The van der Waals surface area contributed by atoms with Crippen LogP contribution in [0.5, 0.6) is 0 Å². The van der Waals surface area contributed by atoms with E-state index in [-0.39, 0.29) is 12.5 Å². The van der Waals surface area contributed by atoms with Crippen LogP contribution in [0.3, 0.4) is 0 Å². The second kappa shape index (κ2) is 29.4. The molecule has 1 amide bonds. The molecule has 3 N–H and O–H groups in total. The normalized spacial score (nSPS) is 13.5. The molecule has 218 valence electrons. The molecule has 0 aromatic rings. The van der Waals surface area contributed by atoms with Crippen molar-refractivity contribution in [1.82, 2.24) is 5.32 Å². The van der Waals surface area contributed by atoms with Gasteiger partial charge in [0.15, 0.2) is 0 Å². The van der Waals surface area contributed by atoms with Crippen LogP contribution < -0.4 is 5.32 Å². The average molecular weight is 522 g/mol. The molecular weight excluding hydrogens is 458 g/mol. The maximum absolute atomic E-state index is 12.0. The minimum Gasteiger partial charge on any atom is -0.394 e. The van der Waals surface area contributed by atoms with Crippen molar-refractivity contribution >= 4 is 5.91 Å². The predicted octanol–water partition coefficient (Wildman–Crippen LogP) is 8.95. The maximum Gasteiger partial charge on any atom is 0.220 e. The van der Waals surface area contributed by atoms with Crippen molar-refractivity contribution in [3.05, 3.63) is 24.3 Å². The number of hydrogen-bond acceptors (Lipinski definition) is 3. The van der Waals surface area contributed by atoms with Gasteiger partial charge >= 0.3 is 0 Å². The number of carbonyl (C=O) groups is 1. The number of rotatable bonds is 28. The summed E-state index contributed by atoms with van der Waals surface area (Å²) in [5.74, 6) is -0.0885. The molecular formula is C33H63NO3. The number of unbranched alkanes of at least 4 members (excludes halogenated alkanes) is 19. The quantitative estimate of drug-likeness (QED) is 0.0711. The molecule has 0 aromatic heterocycles. The highest BCUT2D eigenvalue weighted by Crippen LogP contribution is 2.13. The molecule has 0 fully saturated rings. The summed E-state index contributed by atoms with van der Waals surface area (Å²) in [5.41, 5.74) is 0. The van der Waals surface area contributed by atoms with E-state index in [1.807, 2.05) is 6.08 Å². The van der Waals surface area contributed by atoms with Gasteiger partial charge in [0.2, 0.25) is 5.91 Å². The Morgan fingerprint density at radius 2 is 1.05 bits per heavy atom. The molecule has 0 heterocycles. The first-order valence-electron chi connectivity index (χ1n) is 16.1. The van der Waals surface area contributed by atoms with E-state index in [2.05, 4.69) is 31.3 Å². The van der Waals surface area contributed by atoms with Gasteiger partial charge in [-0.3, -0.25) is 4.79 Å². The number of allylic oxidation sites excluding steroid dienone is 3. The van der Waals surface area contributed by atoms with Crippen molar-refractivity contribution < 1.29 is 15.0 Å². The van der Waals surface area contributed by atoms with Crippen LogP contribution in [-0.2, 0) is 4.79 Å². The van der Waals surface area contributed by atoms with Crippen LogP contribution in [0.4, 0.5) is 0 Å².